The summed E-state index contributed by atoms with van der Waals surface area (Å²) in [7, 11) is -3.36. The maximum atomic E-state index is 12.3. The van der Waals surface area contributed by atoms with E-state index >= 15 is 0 Å². The van der Waals surface area contributed by atoms with Gasteiger partial charge in [-0.05, 0) is 25.1 Å². The number of rotatable bonds is 2. The molecule has 7 heteroatoms. The predicted molar refractivity (Wildman–Crippen MR) is 76.8 cm³/mol. The molecule has 2 N–H and O–H groups in total. The number of nitrogens with zero attached hydrogens (tertiary/aromatic N) is 1. The van der Waals surface area contributed by atoms with Crippen molar-refractivity contribution < 1.29 is 13.2 Å². The molecule has 0 aliphatic carbocycles. The molecule has 2 rings (SSSR count). The highest BCUT2D eigenvalue weighted by molar-refractivity contribution is 9.10. The number of sulfone groups is 1. The van der Waals surface area contributed by atoms with E-state index in [9.17, 15) is 13.2 Å². The summed E-state index contributed by atoms with van der Waals surface area (Å²) in [5.74, 6) is -0.149. The summed E-state index contributed by atoms with van der Waals surface area (Å²) < 4.78 is 25.3. The molecule has 1 aromatic rings. The number of hydrogen-bond donors (Lipinski definition) is 1. The second-order valence-electron chi connectivity index (χ2n) is 4.51. The quantitative estimate of drug-likeness (QED) is 0.875. The van der Waals surface area contributed by atoms with E-state index in [0.29, 0.717) is 5.69 Å². The number of amides is 1. The van der Waals surface area contributed by atoms with Crippen molar-refractivity contribution in [3.8, 4) is 0 Å². The molecule has 1 atom stereocenters. The second-order valence-corrected chi connectivity index (χ2v) is 7.76. The van der Waals surface area contributed by atoms with Crippen molar-refractivity contribution in [2.24, 2.45) is 5.73 Å². The number of hydrogen-bond acceptors (Lipinski definition) is 4. The molecule has 104 valence electrons. The summed E-state index contributed by atoms with van der Waals surface area (Å²) in [6.45, 7) is 2.04. The summed E-state index contributed by atoms with van der Waals surface area (Å²) >= 11 is 3.30. The normalized spacial score (nSPS) is 21.0. The smallest absolute Gasteiger partial charge is 0.228 e. The number of carbonyl (C=O) groups excluding carboxylic acids is 1. The molecule has 0 bridgehead atoms. The highest BCUT2D eigenvalue weighted by Crippen LogP contribution is 2.36. The molecule has 0 fully saturated rings. The first kappa shape index (κ1) is 14.5. The molecular weight excluding hydrogens is 332 g/mol. The number of carbonyl (C=O) groups is 1. The van der Waals surface area contributed by atoms with Crippen molar-refractivity contribution in [3.05, 3.63) is 22.7 Å². The molecule has 0 saturated carbocycles. The molecule has 1 unspecified atom stereocenters. The maximum absolute atomic E-state index is 12.3. The van der Waals surface area contributed by atoms with Gasteiger partial charge >= 0.3 is 0 Å². The Bertz CT molecular complexity index is 615. The van der Waals surface area contributed by atoms with Gasteiger partial charge in [-0.2, -0.15) is 0 Å². The summed E-state index contributed by atoms with van der Waals surface area (Å²) in [5, 5.41) is -0.608. The van der Waals surface area contributed by atoms with Crippen molar-refractivity contribution in [1.29, 1.82) is 0 Å². The third-order valence-electron chi connectivity index (χ3n) is 3.15. The van der Waals surface area contributed by atoms with Gasteiger partial charge in [0.05, 0.1) is 15.8 Å². The van der Waals surface area contributed by atoms with Gasteiger partial charge < -0.3 is 10.6 Å². The fraction of sp³-hybridized carbons (Fsp3) is 0.417. The van der Waals surface area contributed by atoms with Crippen molar-refractivity contribution >= 4 is 37.4 Å². The summed E-state index contributed by atoms with van der Waals surface area (Å²) in [5.41, 5.74) is 5.83. The fourth-order valence-electron chi connectivity index (χ4n) is 2.11. The van der Waals surface area contributed by atoms with Gasteiger partial charge in [0, 0.05) is 24.0 Å². The minimum absolute atomic E-state index is 0.149. The van der Waals surface area contributed by atoms with Gasteiger partial charge in [-0.1, -0.05) is 15.9 Å². The Morgan fingerprint density at radius 3 is 2.84 bits per heavy atom. The Balaban J connectivity index is 2.57. The van der Waals surface area contributed by atoms with E-state index in [-0.39, 0.29) is 30.3 Å². The third-order valence-corrected chi connectivity index (χ3v) is 5.81. The molecule has 1 aliphatic rings. The highest BCUT2D eigenvalue weighted by atomic mass is 79.9. The van der Waals surface area contributed by atoms with E-state index in [1.807, 2.05) is 0 Å². The molecule has 0 radical (unpaired) electrons. The van der Waals surface area contributed by atoms with E-state index < -0.39 is 15.1 Å². The van der Waals surface area contributed by atoms with Crippen LogP contribution in [0.5, 0.6) is 0 Å². The van der Waals surface area contributed by atoms with E-state index in [2.05, 4.69) is 15.9 Å². The van der Waals surface area contributed by atoms with Crippen molar-refractivity contribution in [1.82, 2.24) is 0 Å². The van der Waals surface area contributed by atoms with Gasteiger partial charge in [0.25, 0.3) is 0 Å². The van der Waals surface area contributed by atoms with Gasteiger partial charge in [-0.3, -0.25) is 4.79 Å². The van der Waals surface area contributed by atoms with Crippen LogP contribution in [0.3, 0.4) is 0 Å². The second kappa shape index (κ2) is 5.22. The monoisotopic (exact) mass is 346 g/mol. The molecule has 0 spiro atoms. The largest absolute Gasteiger partial charge is 0.330 e. The van der Waals surface area contributed by atoms with Gasteiger partial charge in [0.15, 0.2) is 9.84 Å². The first-order valence-electron chi connectivity index (χ1n) is 5.92. The van der Waals surface area contributed by atoms with Crippen LogP contribution in [0.25, 0.3) is 0 Å². The van der Waals surface area contributed by atoms with Gasteiger partial charge in [-0.25, -0.2) is 8.42 Å². The third kappa shape index (κ3) is 2.54. The van der Waals surface area contributed by atoms with Crippen LogP contribution >= 0.6 is 15.9 Å². The minimum atomic E-state index is -3.36. The molecule has 1 heterocycles. The minimum Gasteiger partial charge on any atom is -0.330 e. The summed E-state index contributed by atoms with van der Waals surface area (Å²) in [6.07, 6.45) is 0.207. The van der Waals surface area contributed by atoms with E-state index in [0.717, 1.165) is 4.47 Å². The number of halogens is 1. The van der Waals surface area contributed by atoms with Gasteiger partial charge in [0.1, 0.15) is 0 Å². The molecule has 1 aromatic carbocycles. The lowest BCUT2D eigenvalue weighted by Gasteiger charge is -2.33. The Morgan fingerprint density at radius 1 is 1.53 bits per heavy atom. The van der Waals surface area contributed by atoms with E-state index in [4.69, 9.17) is 5.73 Å². The Hall–Kier alpha value is -0.920. The highest BCUT2D eigenvalue weighted by Gasteiger charge is 2.36. The first-order valence-corrected chi connectivity index (χ1v) is 8.25. The van der Waals surface area contributed by atoms with Crippen LogP contribution in [0.1, 0.15) is 13.3 Å². The van der Waals surface area contributed by atoms with Crippen LogP contribution in [-0.2, 0) is 14.6 Å². The Morgan fingerprint density at radius 2 is 2.21 bits per heavy atom. The van der Waals surface area contributed by atoms with Crippen molar-refractivity contribution in [2.75, 3.05) is 18.0 Å². The molecule has 0 aromatic heterocycles. The topological polar surface area (TPSA) is 80.5 Å². The molecule has 0 saturated heterocycles. The summed E-state index contributed by atoms with van der Waals surface area (Å²) in [4.78, 5) is 13.8. The number of anilines is 1. The van der Waals surface area contributed by atoms with Crippen LogP contribution in [0.2, 0.25) is 0 Å². The van der Waals surface area contributed by atoms with Gasteiger partial charge in [0.2, 0.25) is 5.91 Å². The Labute approximate surface area is 120 Å². The number of nitrogens with two attached hydrogens (primary N) is 1. The Kier molecular flexibility index (Phi) is 3.98. The summed E-state index contributed by atoms with van der Waals surface area (Å²) in [6, 6.07) is 4.86. The van der Waals surface area contributed by atoms with Crippen LogP contribution < -0.4 is 10.6 Å². The van der Waals surface area contributed by atoms with Crippen LogP contribution in [-0.4, -0.2) is 32.7 Å². The SMILES string of the molecule is CC1CN(C(=O)CCN)c2cc(Br)ccc2S1(=O)=O. The lowest BCUT2D eigenvalue weighted by atomic mass is 10.2. The van der Waals surface area contributed by atoms with E-state index in [1.54, 1.807) is 19.1 Å². The standard InChI is InChI=1S/C12H15BrN2O3S/c1-8-7-15(12(16)4-5-14)10-6-9(13)2-3-11(10)19(8,17)18/h2-3,6,8H,4-5,7,14H2,1H3. The van der Waals surface area contributed by atoms with E-state index in [1.165, 1.54) is 11.0 Å². The average Bonchev–Trinajstić information content (AvgIpc) is 2.34. The van der Waals surface area contributed by atoms with Crippen molar-refractivity contribution in [2.45, 2.75) is 23.5 Å². The lowest BCUT2D eigenvalue weighted by Crippen LogP contribution is -2.44. The predicted octanol–water partition coefficient (Wildman–Crippen LogP) is 1.31. The maximum Gasteiger partial charge on any atom is 0.228 e. The zero-order valence-electron chi connectivity index (χ0n) is 10.5. The average molecular weight is 347 g/mol. The number of fused-ring (bicyclic) bond motifs is 1. The lowest BCUT2D eigenvalue weighted by molar-refractivity contribution is -0.118. The van der Waals surface area contributed by atoms with Crippen LogP contribution in [0, 0.1) is 0 Å². The molecular formula is C12H15BrN2O3S. The fourth-order valence-corrected chi connectivity index (χ4v) is 3.95. The zero-order valence-corrected chi connectivity index (χ0v) is 12.9. The van der Waals surface area contributed by atoms with Gasteiger partial charge in [-0.15, -0.1) is 0 Å². The molecule has 1 amide bonds. The molecule has 5 nitrogen and oxygen atoms in total. The van der Waals surface area contributed by atoms with Crippen LogP contribution in [0.15, 0.2) is 27.6 Å². The molecule has 1 aliphatic heterocycles. The van der Waals surface area contributed by atoms with Crippen LogP contribution in [0.4, 0.5) is 5.69 Å². The first-order chi connectivity index (χ1) is 8.87. The zero-order chi connectivity index (χ0) is 14.2. The molecule has 19 heavy (non-hydrogen) atoms. The number of benzene rings is 1. The van der Waals surface area contributed by atoms with Crippen molar-refractivity contribution in [3.63, 3.8) is 0 Å².